The Morgan fingerprint density at radius 3 is 3.10 bits per heavy atom. The van der Waals surface area contributed by atoms with Crippen molar-refractivity contribution in [1.29, 1.82) is 0 Å². The second kappa shape index (κ2) is 4.50. The van der Waals surface area contributed by atoms with E-state index < -0.39 is 0 Å². The number of ether oxygens (including phenoxy) is 2. The average Bonchev–Trinajstić information content (AvgIpc) is 3.12. The van der Waals surface area contributed by atoms with Crippen molar-refractivity contribution < 1.29 is 14.6 Å². The van der Waals surface area contributed by atoms with Crippen LogP contribution in [0.3, 0.4) is 0 Å². The monoisotopic (exact) mass is 288 g/mol. The highest BCUT2D eigenvalue weighted by molar-refractivity contribution is 7.17. The first-order chi connectivity index (χ1) is 9.83. The molecule has 1 aliphatic heterocycles. The molecule has 5 nitrogen and oxygen atoms in total. The predicted octanol–water partition coefficient (Wildman–Crippen LogP) is 2.21. The molecule has 0 fully saturated rings. The van der Waals surface area contributed by atoms with E-state index in [-0.39, 0.29) is 6.61 Å². The summed E-state index contributed by atoms with van der Waals surface area (Å²) in [7, 11) is 0. The van der Waals surface area contributed by atoms with E-state index in [9.17, 15) is 5.11 Å². The van der Waals surface area contributed by atoms with Crippen LogP contribution in [0, 0.1) is 0 Å². The Labute approximate surface area is 119 Å². The Morgan fingerprint density at radius 1 is 1.30 bits per heavy atom. The number of benzene rings is 1. The van der Waals surface area contributed by atoms with Crippen LogP contribution in [0.1, 0.15) is 16.1 Å². The molecule has 0 atom stereocenters. The fourth-order valence-electron chi connectivity index (χ4n) is 2.33. The molecule has 0 unspecified atom stereocenters. The van der Waals surface area contributed by atoms with E-state index in [0.717, 1.165) is 28.6 Å². The molecule has 2 aromatic heterocycles. The molecule has 4 rings (SSSR count). The largest absolute Gasteiger partial charge is 0.454 e. The minimum atomic E-state index is 0.00135. The van der Waals surface area contributed by atoms with Crippen molar-refractivity contribution in [2.75, 3.05) is 6.79 Å². The zero-order valence-electron chi connectivity index (χ0n) is 10.6. The molecule has 0 aliphatic carbocycles. The minimum absolute atomic E-state index is 0.00135. The van der Waals surface area contributed by atoms with Crippen LogP contribution < -0.4 is 9.47 Å². The first-order valence-corrected chi connectivity index (χ1v) is 7.09. The smallest absolute Gasteiger partial charge is 0.231 e. The molecule has 0 bridgehead atoms. The van der Waals surface area contributed by atoms with Crippen molar-refractivity contribution in [3.8, 4) is 11.5 Å². The van der Waals surface area contributed by atoms with Crippen molar-refractivity contribution in [3.05, 3.63) is 46.7 Å². The van der Waals surface area contributed by atoms with Gasteiger partial charge in [0.25, 0.3) is 0 Å². The van der Waals surface area contributed by atoms with Crippen molar-refractivity contribution in [1.82, 2.24) is 9.38 Å². The van der Waals surface area contributed by atoms with Crippen LogP contribution in [-0.4, -0.2) is 21.3 Å². The number of thiazole rings is 1. The van der Waals surface area contributed by atoms with Crippen LogP contribution in [0.2, 0.25) is 0 Å². The van der Waals surface area contributed by atoms with Gasteiger partial charge >= 0.3 is 0 Å². The topological polar surface area (TPSA) is 56.0 Å². The number of aliphatic hydroxyl groups is 1. The maximum absolute atomic E-state index is 9.24. The van der Waals surface area contributed by atoms with Crippen LogP contribution >= 0.6 is 11.3 Å². The molecule has 1 N–H and O–H groups in total. The Morgan fingerprint density at radius 2 is 2.20 bits per heavy atom. The summed E-state index contributed by atoms with van der Waals surface area (Å²) in [6.45, 7) is 0.298. The molecule has 1 aliphatic rings. The third-order valence-corrected chi connectivity index (χ3v) is 4.31. The molecule has 0 saturated carbocycles. The van der Waals surface area contributed by atoms with Crippen LogP contribution in [0.15, 0.2) is 30.6 Å². The van der Waals surface area contributed by atoms with Crippen molar-refractivity contribution in [2.45, 2.75) is 13.0 Å². The fraction of sp³-hybridized carbons (Fsp3) is 0.214. The van der Waals surface area contributed by atoms with Gasteiger partial charge in [-0.3, -0.25) is 4.40 Å². The molecular weight excluding hydrogens is 276 g/mol. The Kier molecular flexibility index (Phi) is 2.64. The molecule has 102 valence electrons. The number of hydrogen-bond acceptors (Lipinski definition) is 5. The number of hydrogen-bond donors (Lipinski definition) is 1. The van der Waals surface area contributed by atoms with Crippen LogP contribution in [-0.2, 0) is 13.0 Å². The summed E-state index contributed by atoms with van der Waals surface area (Å²) in [5, 5.41) is 9.24. The first-order valence-electron chi connectivity index (χ1n) is 6.27. The van der Waals surface area contributed by atoms with Crippen molar-refractivity contribution >= 4 is 16.3 Å². The summed E-state index contributed by atoms with van der Waals surface area (Å²) in [6, 6.07) is 6.00. The number of nitrogens with zero attached hydrogens (tertiary/aromatic N) is 2. The molecule has 0 saturated heterocycles. The predicted molar refractivity (Wildman–Crippen MR) is 74.4 cm³/mol. The van der Waals surface area contributed by atoms with Gasteiger partial charge < -0.3 is 14.6 Å². The van der Waals surface area contributed by atoms with Gasteiger partial charge in [-0.15, -0.1) is 11.3 Å². The highest BCUT2D eigenvalue weighted by Crippen LogP contribution is 2.33. The zero-order chi connectivity index (χ0) is 13.5. The lowest BCUT2D eigenvalue weighted by molar-refractivity contribution is 0.174. The second-order valence-corrected chi connectivity index (χ2v) is 5.72. The summed E-state index contributed by atoms with van der Waals surface area (Å²) in [4.78, 5) is 6.39. The standard InChI is InChI=1S/C14H12N2O3S/c17-7-10-5-15-14-16(10)6-11(20-14)3-9-1-2-12-13(4-9)19-8-18-12/h1-2,4-6,17H,3,7-8H2. The molecule has 20 heavy (non-hydrogen) atoms. The minimum Gasteiger partial charge on any atom is -0.454 e. The Balaban J connectivity index is 1.65. The number of aromatic nitrogens is 2. The lowest BCUT2D eigenvalue weighted by Gasteiger charge is -2.00. The van der Waals surface area contributed by atoms with Gasteiger partial charge in [-0.25, -0.2) is 4.98 Å². The van der Waals surface area contributed by atoms with Gasteiger partial charge in [0.05, 0.1) is 18.5 Å². The average molecular weight is 288 g/mol. The number of aliphatic hydroxyl groups excluding tert-OH is 1. The summed E-state index contributed by atoms with van der Waals surface area (Å²) in [5.41, 5.74) is 1.98. The number of fused-ring (bicyclic) bond motifs is 2. The molecule has 0 radical (unpaired) electrons. The third-order valence-electron chi connectivity index (χ3n) is 3.31. The highest BCUT2D eigenvalue weighted by Gasteiger charge is 2.14. The summed E-state index contributed by atoms with van der Waals surface area (Å²) in [5.74, 6) is 1.61. The van der Waals surface area contributed by atoms with Gasteiger partial charge in [-0.2, -0.15) is 0 Å². The van der Waals surface area contributed by atoms with Crippen molar-refractivity contribution in [3.63, 3.8) is 0 Å². The van der Waals surface area contributed by atoms with Gasteiger partial charge in [-0.1, -0.05) is 6.07 Å². The van der Waals surface area contributed by atoms with E-state index in [4.69, 9.17) is 9.47 Å². The molecule has 0 spiro atoms. The quantitative estimate of drug-likeness (QED) is 0.803. The Bertz CT molecular complexity index is 778. The van der Waals surface area contributed by atoms with Gasteiger partial charge in [0.1, 0.15) is 0 Å². The molecule has 1 aromatic carbocycles. The van der Waals surface area contributed by atoms with E-state index in [1.165, 1.54) is 10.4 Å². The third kappa shape index (κ3) is 1.85. The normalized spacial score (nSPS) is 13.2. The molecule has 6 heteroatoms. The fourth-order valence-corrected chi connectivity index (χ4v) is 3.33. The van der Waals surface area contributed by atoms with Crippen LogP contribution in [0.25, 0.3) is 4.96 Å². The van der Waals surface area contributed by atoms with Gasteiger partial charge in [0.2, 0.25) is 6.79 Å². The van der Waals surface area contributed by atoms with E-state index in [1.54, 1.807) is 17.5 Å². The summed E-state index contributed by atoms with van der Waals surface area (Å²) < 4.78 is 12.6. The number of rotatable bonds is 3. The Hall–Kier alpha value is -2.05. The van der Waals surface area contributed by atoms with Crippen LogP contribution in [0.5, 0.6) is 11.5 Å². The van der Waals surface area contributed by atoms with Gasteiger partial charge in [-0.05, 0) is 17.7 Å². The molecular formula is C14H12N2O3S. The molecule has 3 aromatic rings. The van der Waals surface area contributed by atoms with Crippen molar-refractivity contribution in [2.24, 2.45) is 0 Å². The van der Waals surface area contributed by atoms with E-state index in [0.29, 0.717) is 6.79 Å². The van der Waals surface area contributed by atoms with E-state index >= 15 is 0 Å². The van der Waals surface area contributed by atoms with Gasteiger partial charge in [0.15, 0.2) is 16.5 Å². The second-order valence-electron chi connectivity index (χ2n) is 4.62. The summed E-state index contributed by atoms with van der Waals surface area (Å²) in [6.07, 6.45) is 4.55. The molecule has 3 heterocycles. The lowest BCUT2D eigenvalue weighted by atomic mass is 10.1. The SMILES string of the molecule is OCc1cnc2sc(Cc3ccc4c(c3)OCO4)cn12. The zero-order valence-corrected chi connectivity index (χ0v) is 11.4. The highest BCUT2D eigenvalue weighted by atomic mass is 32.1. The molecule has 0 amide bonds. The maximum Gasteiger partial charge on any atom is 0.231 e. The van der Waals surface area contributed by atoms with Crippen LogP contribution in [0.4, 0.5) is 0 Å². The van der Waals surface area contributed by atoms with E-state index in [1.807, 2.05) is 28.8 Å². The lowest BCUT2D eigenvalue weighted by Crippen LogP contribution is -1.93. The summed E-state index contributed by atoms with van der Waals surface area (Å²) >= 11 is 1.63. The van der Waals surface area contributed by atoms with Gasteiger partial charge in [0, 0.05) is 17.5 Å². The first kappa shape index (κ1) is 11.7. The number of imidazole rings is 1. The van der Waals surface area contributed by atoms with E-state index in [2.05, 4.69) is 4.98 Å². The maximum atomic E-state index is 9.24.